The van der Waals surface area contributed by atoms with Crippen molar-refractivity contribution in [2.45, 2.75) is 0 Å². The molecule has 162 valence electrons. The summed E-state index contributed by atoms with van der Waals surface area (Å²) in [6, 6.07) is 16.1. The second-order valence-corrected chi connectivity index (χ2v) is 6.47. The van der Waals surface area contributed by atoms with Gasteiger partial charge in [0.1, 0.15) is 11.6 Å². The molecule has 3 rings (SSSR count). The summed E-state index contributed by atoms with van der Waals surface area (Å²) in [5, 5.41) is 10.1. The number of hydrogen-bond acceptors (Lipinski definition) is 6. The number of amides is 4. The van der Waals surface area contributed by atoms with E-state index < -0.39 is 23.6 Å². The first kappa shape index (κ1) is 22.1. The van der Waals surface area contributed by atoms with Crippen molar-refractivity contribution in [3.63, 3.8) is 0 Å². The molecule has 0 bridgehead atoms. The quantitative estimate of drug-likeness (QED) is 0.422. The predicted octanol–water partition coefficient (Wildman–Crippen LogP) is 1.21. The Balaban J connectivity index is 1.49. The zero-order valence-corrected chi connectivity index (χ0v) is 16.9. The number of nitrogens with zero attached hydrogens (tertiary/aromatic N) is 2. The molecule has 10 nitrogen and oxygen atoms in total. The monoisotopic (exact) mass is 432 g/mol. The third kappa shape index (κ3) is 6.73. The van der Waals surface area contributed by atoms with Crippen LogP contribution in [0.5, 0.6) is 0 Å². The number of pyridine rings is 2. The van der Waals surface area contributed by atoms with Crippen molar-refractivity contribution in [1.29, 1.82) is 0 Å². The molecule has 0 saturated heterocycles. The van der Waals surface area contributed by atoms with Crippen LogP contribution in [0.1, 0.15) is 20.7 Å². The number of carbonyl (C=O) groups excluding carboxylic acids is 4. The molecule has 3 aromatic rings. The third-order valence-electron chi connectivity index (χ3n) is 4.07. The lowest BCUT2D eigenvalue weighted by Crippen LogP contribution is -2.34. The topological polar surface area (TPSA) is 142 Å². The number of rotatable bonds is 8. The molecule has 0 atom stereocenters. The highest BCUT2D eigenvalue weighted by Crippen LogP contribution is 2.06. The van der Waals surface area contributed by atoms with E-state index in [-0.39, 0.29) is 24.2 Å². The van der Waals surface area contributed by atoms with Crippen molar-refractivity contribution in [2.24, 2.45) is 0 Å². The van der Waals surface area contributed by atoms with Crippen molar-refractivity contribution in [3.8, 4) is 0 Å². The smallest absolute Gasteiger partial charge is 0.251 e. The Bertz CT molecular complexity index is 1020. The number of carbonyl (C=O) groups is 4. The van der Waals surface area contributed by atoms with Gasteiger partial charge in [0.05, 0.1) is 13.1 Å². The molecule has 4 amide bonds. The SMILES string of the molecule is O=C(CNC(=O)c1cccc(C(=O)NCC(=O)Nc2ccccn2)c1)Nc1ccccn1. The van der Waals surface area contributed by atoms with E-state index >= 15 is 0 Å². The van der Waals surface area contributed by atoms with Gasteiger partial charge in [-0.2, -0.15) is 0 Å². The summed E-state index contributed by atoms with van der Waals surface area (Å²) < 4.78 is 0. The summed E-state index contributed by atoms with van der Waals surface area (Å²) in [4.78, 5) is 56.5. The summed E-state index contributed by atoms with van der Waals surface area (Å²) in [6.07, 6.45) is 3.07. The van der Waals surface area contributed by atoms with Gasteiger partial charge in [0, 0.05) is 23.5 Å². The van der Waals surface area contributed by atoms with E-state index in [1.54, 1.807) is 36.4 Å². The second-order valence-electron chi connectivity index (χ2n) is 6.47. The fourth-order valence-electron chi connectivity index (χ4n) is 2.57. The Hall–Kier alpha value is -4.60. The number of benzene rings is 1. The second kappa shape index (κ2) is 11.0. The normalized spacial score (nSPS) is 10.0. The van der Waals surface area contributed by atoms with Gasteiger partial charge in [-0.15, -0.1) is 0 Å². The number of anilines is 2. The van der Waals surface area contributed by atoms with E-state index in [1.165, 1.54) is 36.7 Å². The van der Waals surface area contributed by atoms with E-state index in [2.05, 4.69) is 31.2 Å². The predicted molar refractivity (Wildman–Crippen MR) is 117 cm³/mol. The minimum absolute atomic E-state index is 0.196. The molecule has 0 radical (unpaired) electrons. The van der Waals surface area contributed by atoms with Crippen LogP contribution in [-0.2, 0) is 9.59 Å². The molecule has 0 spiro atoms. The summed E-state index contributed by atoms with van der Waals surface area (Å²) in [5.41, 5.74) is 0.391. The van der Waals surface area contributed by atoms with Gasteiger partial charge in [-0.1, -0.05) is 18.2 Å². The van der Waals surface area contributed by atoms with Gasteiger partial charge in [0.2, 0.25) is 11.8 Å². The maximum atomic E-state index is 12.3. The molecule has 2 heterocycles. The lowest BCUT2D eigenvalue weighted by atomic mass is 10.1. The Morgan fingerprint density at radius 3 is 1.50 bits per heavy atom. The zero-order chi connectivity index (χ0) is 22.8. The van der Waals surface area contributed by atoms with Crippen molar-refractivity contribution in [2.75, 3.05) is 23.7 Å². The Kier molecular flexibility index (Phi) is 7.58. The lowest BCUT2D eigenvalue weighted by Gasteiger charge is -2.09. The highest BCUT2D eigenvalue weighted by atomic mass is 16.2. The summed E-state index contributed by atoms with van der Waals surface area (Å²) in [7, 11) is 0. The molecule has 0 unspecified atom stereocenters. The number of hydrogen-bond donors (Lipinski definition) is 4. The van der Waals surface area contributed by atoms with E-state index in [4.69, 9.17) is 0 Å². The van der Waals surface area contributed by atoms with Crippen LogP contribution in [0, 0.1) is 0 Å². The van der Waals surface area contributed by atoms with Gasteiger partial charge < -0.3 is 21.3 Å². The van der Waals surface area contributed by atoms with Crippen LogP contribution in [0.4, 0.5) is 11.6 Å². The molecule has 0 aliphatic carbocycles. The van der Waals surface area contributed by atoms with Crippen molar-refractivity contribution < 1.29 is 19.2 Å². The molecule has 0 aliphatic rings. The Morgan fingerprint density at radius 2 is 1.09 bits per heavy atom. The minimum Gasteiger partial charge on any atom is -0.343 e. The molecule has 2 aromatic heterocycles. The average Bonchev–Trinajstić information content (AvgIpc) is 2.82. The molecule has 0 saturated carbocycles. The molecule has 4 N–H and O–H groups in total. The highest BCUT2D eigenvalue weighted by molar-refractivity contribution is 6.03. The van der Waals surface area contributed by atoms with Gasteiger partial charge in [-0.25, -0.2) is 9.97 Å². The molecule has 32 heavy (non-hydrogen) atoms. The van der Waals surface area contributed by atoms with Crippen LogP contribution in [0.15, 0.2) is 73.1 Å². The maximum absolute atomic E-state index is 12.3. The van der Waals surface area contributed by atoms with E-state index in [0.29, 0.717) is 11.6 Å². The first-order valence-electron chi connectivity index (χ1n) is 9.59. The van der Waals surface area contributed by atoms with E-state index in [0.717, 1.165) is 0 Å². The van der Waals surface area contributed by atoms with Gasteiger partial charge >= 0.3 is 0 Å². The molecule has 10 heteroatoms. The highest BCUT2D eigenvalue weighted by Gasteiger charge is 2.13. The average molecular weight is 432 g/mol. The van der Waals surface area contributed by atoms with Crippen LogP contribution in [0.3, 0.4) is 0 Å². The van der Waals surface area contributed by atoms with Gasteiger partial charge in [-0.05, 0) is 42.5 Å². The lowest BCUT2D eigenvalue weighted by molar-refractivity contribution is -0.116. The fourth-order valence-corrected chi connectivity index (χ4v) is 2.57. The van der Waals surface area contributed by atoms with Crippen molar-refractivity contribution in [3.05, 3.63) is 84.2 Å². The first-order valence-corrected chi connectivity index (χ1v) is 9.59. The minimum atomic E-state index is -0.524. The summed E-state index contributed by atoms with van der Waals surface area (Å²) >= 11 is 0. The fraction of sp³-hybridized carbons (Fsp3) is 0.0909. The molecule has 0 fully saturated rings. The zero-order valence-electron chi connectivity index (χ0n) is 16.9. The molecule has 0 aliphatic heterocycles. The van der Waals surface area contributed by atoms with Crippen LogP contribution < -0.4 is 21.3 Å². The van der Waals surface area contributed by atoms with Crippen LogP contribution in [0.25, 0.3) is 0 Å². The summed E-state index contributed by atoms with van der Waals surface area (Å²) in [5.74, 6) is -1.18. The van der Waals surface area contributed by atoms with Gasteiger partial charge in [0.15, 0.2) is 0 Å². The Labute approximate surface area is 183 Å². The Morgan fingerprint density at radius 1 is 0.625 bits per heavy atom. The van der Waals surface area contributed by atoms with Crippen LogP contribution >= 0.6 is 0 Å². The van der Waals surface area contributed by atoms with Gasteiger partial charge in [-0.3, -0.25) is 19.2 Å². The molecular formula is C22H20N6O4. The van der Waals surface area contributed by atoms with Crippen LogP contribution in [0.2, 0.25) is 0 Å². The van der Waals surface area contributed by atoms with Crippen molar-refractivity contribution >= 4 is 35.3 Å². The van der Waals surface area contributed by atoms with Crippen molar-refractivity contribution in [1.82, 2.24) is 20.6 Å². The number of nitrogens with one attached hydrogen (secondary N) is 4. The number of aromatic nitrogens is 2. The molecule has 1 aromatic carbocycles. The van der Waals surface area contributed by atoms with Gasteiger partial charge in [0.25, 0.3) is 11.8 Å². The standard InChI is InChI=1S/C22H20N6O4/c29-19(27-17-8-1-3-10-23-17)13-25-21(31)15-6-5-7-16(12-15)22(32)26-14-20(30)28-18-9-2-4-11-24-18/h1-12H,13-14H2,(H,25,31)(H,26,32)(H,23,27,29)(H,24,28,30). The molecular weight excluding hydrogens is 412 g/mol. The maximum Gasteiger partial charge on any atom is 0.251 e. The van der Waals surface area contributed by atoms with E-state index in [1.807, 2.05) is 0 Å². The van der Waals surface area contributed by atoms with Crippen LogP contribution in [-0.4, -0.2) is 46.7 Å². The van der Waals surface area contributed by atoms with E-state index in [9.17, 15) is 19.2 Å². The third-order valence-corrected chi connectivity index (χ3v) is 4.07. The largest absolute Gasteiger partial charge is 0.343 e. The summed E-state index contributed by atoms with van der Waals surface area (Å²) in [6.45, 7) is -0.529. The first-order chi connectivity index (χ1) is 15.5.